The van der Waals surface area contributed by atoms with Gasteiger partial charge < -0.3 is 4.74 Å². The van der Waals surface area contributed by atoms with Crippen molar-refractivity contribution in [3.8, 4) is 5.75 Å². The first-order valence-corrected chi connectivity index (χ1v) is 5.15. The van der Waals surface area contributed by atoms with Crippen LogP contribution in [0.1, 0.15) is 12.5 Å². The standard InChI is InChI=1S/C10H7Cl2NO4/c1-6(14)17-9-3-2-8(13(15)16)4-7(9)5-10(11)12/h2-5H,1H3. The predicted molar refractivity (Wildman–Crippen MR) is 64.1 cm³/mol. The first-order valence-electron chi connectivity index (χ1n) is 4.39. The molecule has 0 atom stereocenters. The Morgan fingerprint density at radius 2 is 2.12 bits per heavy atom. The molecule has 0 saturated carbocycles. The quantitative estimate of drug-likeness (QED) is 0.367. The summed E-state index contributed by atoms with van der Waals surface area (Å²) in [4.78, 5) is 20.8. The number of rotatable bonds is 3. The van der Waals surface area contributed by atoms with Crippen molar-refractivity contribution in [1.82, 2.24) is 0 Å². The number of nitro groups is 1. The zero-order valence-corrected chi connectivity index (χ0v) is 10.2. The van der Waals surface area contributed by atoms with Gasteiger partial charge in [0.15, 0.2) is 0 Å². The zero-order valence-electron chi connectivity index (χ0n) is 8.65. The maximum Gasteiger partial charge on any atom is 0.308 e. The highest BCUT2D eigenvalue weighted by Gasteiger charge is 2.12. The fourth-order valence-electron chi connectivity index (χ4n) is 1.13. The molecule has 7 heteroatoms. The van der Waals surface area contributed by atoms with Crippen LogP contribution < -0.4 is 4.74 Å². The molecule has 0 unspecified atom stereocenters. The van der Waals surface area contributed by atoms with Crippen LogP contribution >= 0.6 is 23.2 Å². The van der Waals surface area contributed by atoms with Crippen molar-refractivity contribution in [3.63, 3.8) is 0 Å². The van der Waals surface area contributed by atoms with E-state index >= 15 is 0 Å². The van der Waals surface area contributed by atoms with Crippen LogP contribution in [0.3, 0.4) is 0 Å². The minimum Gasteiger partial charge on any atom is -0.426 e. The summed E-state index contributed by atoms with van der Waals surface area (Å²) < 4.78 is 4.76. The lowest BCUT2D eigenvalue weighted by molar-refractivity contribution is -0.384. The lowest BCUT2D eigenvalue weighted by Gasteiger charge is -2.05. The number of nitro benzene ring substituents is 1. The summed E-state index contributed by atoms with van der Waals surface area (Å²) in [5.74, 6) is -0.388. The molecule has 0 spiro atoms. The molecule has 0 bridgehead atoms. The van der Waals surface area contributed by atoms with Gasteiger partial charge in [-0.05, 0) is 12.1 Å². The second kappa shape index (κ2) is 5.65. The number of nitrogens with zero attached hydrogens (tertiary/aromatic N) is 1. The third-order valence-electron chi connectivity index (χ3n) is 1.72. The van der Waals surface area contributed by atoms with E-state index in [1.54, 1.807) is 0 Å². The molecule has 0 fully saturated rings. The first-order chi connectivity index (χ1) is 7.90. The summed E-state index contributed by atoms with van der Waals surface area (Å²) in [6, 6.07) is 3.74. The van der Waals surface area contributed by atoms with E-state index in [0.717, 1.165) is 0 Å². The highest BCUT2D eigenvalue weighted by Crippen LogP contribution is 2.28. The molecule has 0 saturated heterocycles. The van der Waals surface area contributed by atoms with Crippen LogP contribution in [0.15, 0.2) is 22.7 Å². The minimum absolute atomic E-state index is 0.0982. The molecule has 17 heavy (non-hydrogen) atoms. The van der Waals surface area contributed by atoms with E-state index in [0.29, 0.717) is 0 Å². The molecule has 90 valence electrons. The molecule has 0 aliphatic carbocycles. The number of carbonyl (C=O) groups is 1. The summed E-state index contributed by atoms with van der Waals surface area (Å²) in [5.41, 5.74) is 0.108. The van der Waals surface area contributed by atoms with Gasteiger partial charge in [-0.15, -0.1) is 0 Å². The predicted octanol–water partition coefficient (Wildman–Crippen LogP) is 3.30. The average molecular weight is 276 g/mol. The number of halogens is 2. The van der Waals surface area contributed by atoms with Crippen molar-refractivity contribution in [2.45, 2.75) is 6.92 Å². The second-order valence-corrected chi connectivity index (χ2v) is 4.01. The molecule has 0 aromatic heterocycles. The normalized spacial score (nSPS) is 9.59. The van der Waals surface area contributed by atoms with Crippen LogP contribution in [-0.4, -0.2) is 10.9 Å². The van der Waals surface area contributed by atoms with E-state index in [2.05, 4.69) is 0 Å². The monoisotopic (exact) mass is 275 g/mol. The van der Waals surface area contributed by atoms with Crippen molar-refractivity contribution in [2.75, 3.05) is 0 Å². The Kier molecular flexibility index (Phi) is 4.48. The largest absolute Gasteiger partial charge is 0.426 e. The van der Waals surface area contributed by atoms with Gasteiger partial charge in [0.25, 0.3) is 5.69 Å². The molecule has 1 rings (SSSR count). The fourth-order valence-corrected chi connectivity index (χ4v) is 1.36. The third kappa shape index (κ3) is 4.05. The average Bonchev–Trinajstić information content (AvgIpc) is 2.18. The highest BCUT2D eigenvalue weighted by atomic mass is 35.5. The van der Waals surface area contributed by atoms with E-state index in [-0.39, 0.29) is 21.5 Å². The number of hydrogen-bond acceptors (Lipinski definition) is 4. The van der Waals surface area contributed by atoms with Gasteiger partial charge in [-0.1, -0.05) is 23.2 Å². The minimum atomic E-state index is -0.572. The van der Waals surface area contributed by atoms with Crippen LogP contribution in [0.2, 0.25) is 0 Å². The maximum atomic E-state index is 10.8. The SMILES string of the molecule is CC(=O)Oc1ccc([N+](=O)[O-])cc1C=C(Cl)Cl. The van der Waals surface area contributed by atoms with Crippen LogP contribution in [0.4, 0.5) is 5.69 Å². The van der Waals surface area contributed by atoms with Gasteiger partial charge >= 0.3 is 5.97 Å². The lowest BCUT2D eigenvalue weighted by Crippen LogP contribution is -2.03. The molecule has 0 radical (unpaired) electrons. The number of ether oxygens (including phenoxy) is 1. The summed E-state index contributed by atoms with van der Waals surface area (Å²) in [5, 5.41) is 10.6. The summed E-state index contributed by atoms with van der Waals surface area (Å²) >= 11 is 10.9. The Morgan fingerprint density at radius 1 is 1.47 bits per heavy atom. The summed E-state index contributed by atoms with van der Waals surface area (Å²) in [7, 11) is 0. The molecule has 5 nitrogen and oxygen atoms in total. The van der Waals surface area contributed by atoms with Crippen LogP contribution in [-0.2, 0) is 4.79 Å². The maximum absolute atomic E-state index is 10.8. The van der Waals surface area contributed by atoms with E-state index in [9.17, 15) is 14.9 Å². The molecule has 0 amide bonds. The fraction of sp³-hybridized carbons (Fsp3) is 0.100. The van der Waals surface area contributed by atoms with Crippen LogP contribution in [0, 0.1) is 10.1 Å². The number of benzene rings is 1. The molecule has 1 aromatic rings. The third-order valence-corrected chi connectivity index (χ3v) is 1.94. The number of esters is 1. The van der Waals surface area contributed by atoms with Crippen molar-refractivity contribution in [1.29, 1.82) is 0 Å². The molecule has 0 aliphatic heterocycles. The molecule has 0 N–H and O–H groups in total. The first kappa shape index (κ1) is 13.5. The topological polar surface area (TPSA) is 69.4 Å². The van der Waals surface area contributed by atoms with Gasteiger partial charge in [0.05, 0.1) is 4.92 Å². The molecule has 0 aliphatic rings. The number of hydrogen-bond donors (Lipinski definition) is 0. The Labute approximate surface area is 107 Å². The molecule has 1 aromatic carbocycles. The van der Waals surface area contributed by atoms with Gasteiger partial charge in [0.2, 0.25) is 0 Å². The Balaban J connectivity index is 3.26. The smallest absolute Gasteiger partial charge is 0.308 e. The lowest BCUT2D eigenvalue weighted by atomic mass is 10.2. The Morgan fingerprint density at radius 3 is 2.59 bits per heavy atom. The van der Waals surface area contributed by atoms with Gasteiger partial charge in [-0.2, -0.15) is 0 Å². The van der Waals surface area contributed by atoms with Gasteiger partial charge in [0.1, 0.15) is 10.2 Å². The van der Waals surface area contributed by atoms with Crippen molar-refractivity contribution in [2.24, 2.45) is 0 Å². The van der Waals surface area contributed by atoms with E-state index in [1.807, 2.05) is 0 Å². The van der Waals surface area contributed by atoms with Gasteiger partial charge in [0, 0.05) is 24.6 Å². The van der Waals surface area contributed by atoms with E-state index in [4.69, 9.17) is 27.9 Å². The van der Waals surface area contributed by atoms with E-state index < -0.39 is 10.9 Å². The zero-order chi connectivity index (χ0) is 13.0. The Hall–Kier alpha value is -1.59. The van der Waals surface area contributed by atoms with Crippen molar-refractivity contribution < 1.29 is 14.5 Å². The number of non-ortho nitro benzene ring substituents is 1. The van der Waals surface area contributed by atoms with E-state index in [1.165, 1.54) is 31.2 Å². The number of carbonyl (C=O) groups excluding carboxylic acids is 1. The molecular formula is C10H7Cl2NO4. The molecular weight excluding hydrogens is 269 g/mol. The summed E-state index contributed by atoms with van der Waals surface area (Å²) in [6.07, 6.45) is 1.26. The summed E-state index contributed by atoms with van der Waals surface area (Å²) in [6.45, 7) is 1.22. The molecule has 0 heterocycles. The van der Waals surface area contributed by atoms with Crippen LogP contribution in [0.25, 0.3) is 6.08 Å². The van der Waals surface area contributed by atoms with Crippen LogP contribution in [0.5, 0.6) is 5.75 Å². The van der Waals surface area contributed by atoms with Crippen molar-refractivity contribution >= 4 is 40.9 Å². The highest BCUT2D eigenvalue weighted by molar-refractivity contribution is 6.57. The second-order valence-electron chi connectivity index (χ2n) is 3.01. The van der Waals surface area contributed by atoms with Crippen molar-refractivity contribution in [3.05, 3.63) is 38.4 Å². The van der Waals surface area contributed by atoms with Gasteiger partial charge in [-0.25, -0.2) is 0 Å². The Bertz CT molecular complexity index is 495. The van der Waals surface area contributed by atoms with Gasteiger partial charge in [-0.3, -0.25) is 14.9 Å².